The molecule has 0 saturated heterocycles. The highest BCUT2D eigenvalue weighted by atomic mass is 79.9. The Morgan fingerprint density at radius 1 is 1.60 bits per heavy atom. The van der Waals surface area contributed by atoms with E-state index in [2.05, 4.69) is 21.2 Å². The predicted octanol–water partition coefficient (Wildman–Crippen LogP) is 1.97. The lowest BCUT2D eigenvalue weighted by Gasteiger charge is -2.24. The van der Waals surface area contributed by atoms with Gasteiger partial charge in [-0.2, -0.15) is 0 Å². The minimum Gasteiger partial charge on any atom is -0.330 e. The first-order valence-corrected chi connectivity index (χ1v) is 5.40. The maximum Gasteiger partial charge on any atom is 0.225 e. The highest BCUT2D eigenvalue weighted by Crippen LogP contribution is 2.34. The van der Waals surface area contributed by atoms with Gasteiger partial charge in [-0.25, -0.2) is 4.39 Å². The summed E-state index contributed by atoms with van der Waals surface area (Å²) in [7, 11) is 0. The molecule has 1 aromatic rings. The van der Waals surface area contributed by atoms with Gasteiger partial charge in [0.05, 0.1) is 4.47 Å². The van der Waals surface area contributed by atoms with Crippen LogP contribution in [0.1, 0.15) is 17.9 Å². The van der Waals surface area contributed by atoms with Crippen molar-refractivity contribution in [1.29, 1.82) is 0 Å². The molecule has 1 aliphatic heterocycles. The van der Waals surface area contributed by atoms with E-state index in [4.69, 9.17) is 5.73 Å². The summed E-state index contributed by atoms with van der Waals surface area (Å²) in [6.45, 7) is 0.387. The summed E-state index contributed by atoms with van der Waals surface area (Å²) in [5, 5.41) is 2.64. The van der Waals surface area contributed by atoms with E-state index in [9.17, 15) is 9.18 Å². The summed E-state index contributed by atoms with van der Waals surface area (Å²) < 4.78 is 13.6. The number of carbonyl (C=O) groups is 1. The van der Waals surface area contributed by atoms with Crippen LogP contribution in [0.15, 0.2) is 16.6 Å². The predicted molar refractivity (Wildman–Crippen MR) is 59.1 cm³/mol. The average molecular weight is 273 g/mol. The molecule has 1 heterocycles. The molecule has 3 N–H and O–H groups in total. The van der Waals surface area contributed by atoms with Gasteiger partial charge in [-0.3, -0.25) is 4.79 Å². The molecule has 0 fully saturated rings. The van der Waals surface area contributed by atoms with Crippen LogP contribution in [-0.2, 0) is 4.79 Å². The van der Waals surface area contributed by atoms with E-state index in [1.807, 2.05) is 0 Å². The topological polar surface area (TPSA) is 55.1 Å². The summed E-state index contributed by atoms with van der Waals surface area (Å²) in [4.78, 5) is 11.3. The molecule has 5 heteroatoms. The van der Waals surface area contributed by atoms with Gasteiger partial charge in [0, 0.05) is 18.0 Å². The number of halogens is 2. The van der Waals surface area contributed by atoms with E-state index in [-0.39, 0.29) is 17.6 Å². The van der Waals surface area contributed by atoms with Crippen molar-refractivity contribution in [3.63, 3.8) is 0 Å². The highest BCUT2D eigenvalue weighted by molar-refractivity contribution is 9.10. The molecular weight excluding hydrogens is 263 g/mol. The number of nitrogens with one attached hydrogen (secondary N) is 1. The molecule has 0 radical (unpaired) electrons. The lowest BCUT2D eigenvalue weighted by atomic mass is 9.91. The van der Waals surface area contributed by atoms with Crippen LogP contribution in [0.4, 0.5) is 10.1 Å². The fourth-order valence-corrected chi connectivity index (χ4v) is 2.11. The molecule has 0 aliphatic carbocycles. The lowest BCUT2D eigenvalue weighted by molar-refractivity contribution is -0.116. The summed E-state index contributed by atoms with van der Waals surface area (Å²) in [6.07, 6.45) is 0.363. The van der Waals surface area contributed by atoms with Crippen molar-refractivity contribution in [2.24, 2.45) is 5.73 Å². The summed E-state index contributed by atoms with van der Waals surface area (Å²) in [5.74, 6) is -0.517. The van der Waals surface area contributed by atoms with Crippen molar-refractivity contribution in [3.05, 3.63) is 28.0 Å². The van der Waals surface area contributed by atoms with Crippen LogP contribution in [0.5, 0.6) is 0 Å². The van der Waals surface area contributed by atoms with Gasteiger partial charge in [-0.05, 0) is 40.2 Å². The van der Waals surface area contributed by atoms with Crippen LogP contribution < -0.4 is 11.1 Å². The zero-order chi connectivity index (χ0) is 11.0. The molecule has 1 unspecified atom stereocenters. The molecule has 80 valence electrons. The third-order valence-corrected chi connectivity index (χ3v) is 3.13. The second-order valence-corrected chi connectivity index (χ2v) is 4.39. The van der Waals surface area contributed by atoms with Gasteiger partial charge in [-0.15, -0.1) is 0 Å². The van der Waals surface area contributed by atoms with E-state index in [0.29, 0.717) is 23.1 Å². The fraction of sp³-hybridized carbons (Fsp3) is 0.300. The standard InChI is InChI=1S/C10H10BrFN2O/c11-7-2-6-5(4-13)1-10(15)14-9(6)3-8(7)12/h2-3,5H,1,4,13H2,(H,14,15). The van der Waals surface area contributed by atoms with Crippen LogP contribution in [0.3, 0.4) is 0 Å². The second kappa shape index (κ2) is 3.90. The number of nitrogens with two attached hydrogens (primary N) is 1. The Bertz CT molecular complexity index is 422. The number of rotatable bonds is 1. The number of carbonyl (C=O) groups excluding carboxylic acids is 1. The number of hydrogen-bond donors (Lipinski definition) is 2. The van der Waals surface area contributed by atoms with E-state index in [1.54, 1.807) is 6.07 Å². The molecule has 0 aromatic heterocycles. The van der Waals surface area contributed by atoms with Crippen LogP contribution >= 0.6 is 15.9 Å². The Balaban J connectivity index is 2.51. The summed E-state index contributed by atoms with van der Waals surface area (Å²) in [5.41, 5.74) is 7.00. The molecule has 0 spiro atoms. The van der Waals surface area contributed by atoms with Crippen LogP contribution in [0.2, 0.25) is 0 Å². The molecule has 1 amide bonds. The van der Waals surface area contributed by atoms with Crippen LogP contribution in [0.25, 0.3) is 0 Å². The smallest absolute Gasteiger partial charge is 0.225 e. The van der Waals surface area contributed by atoms with Crippen molar-refractivity contribution in [2.45, 2.75) is 12.3 Å². The minimum atomic E-state index is -0.383. The molecule has 15 heavy (non-hydrogen) atoms. The van der Waals surface area contributed by atoms with Gasteiger partial charge in [0.2, 0.25) is 5.91 Å². The number of anilines is 1. The average Bonchev–Trinajstić information content (AvgIpc) is 2.19. The molecule has 0 bridgehead atoms. The Morgan fingerprint density at radius 3 is 3.00 bits per heavy atom. The van der Waals surface area contributed by atoms with Crippen molar-refractivity contribution in [3.8, 4) is 0 Å². The molecule has 0 saturated carbocycles. The number of hydrogen-bond acceptors (Lipinski definition) is 2. The monoisotopic (exact) mass is 272 g/mol. The SMILES string of the molecule is NCC1CC(=O)Nc2cc(F)c(Br)cc21. The Morgan fingerprint density at radius 2 is 2.33 bits per heavy atom. The normalized spacial score (nSPS) is 19.7. The Kier molecular flexibility index (Phi) is 2.75. The third kappa shape index (κ3) is 1.89. The molecule has 3 nitrogen and oxygen atoms in total. The van der Waals surface area contributed by atoms with Crippen LogP contribution in [-0.4, -0.2) is 12.5 Å². The quantitative estimate of drug-likeness (QED) is 0.822. The molecule has 1 atom stereocenters. The van der Waals surface area contributed by atoms with Crippen molar-refractivity contribution >= 4 is 27.5 Å². The zero-order valence-electron chi connectivity index (χ0n) is 7.89. The van der Waals surface area contributed by atoms with Gasteiger partial charge >= 0.3 is 0 Å². The Hall–Kier alpha value is -0.940. The van der Waals surface area contributed by atoms with Crippen molar-refractivity contribution < 1.29 is 9.18 Å². The fourth-order valence-electron chi connectivity index (χ4n) is 1.75. The van der Waals surface area contributed by atoms with Crippen molar-refractivity contribution in [1.82, 2.24) is 0 Å². The van der Waals surface area contributed by atoms with Gasteiger partial charge in [0.1, 0.15) is 5.82 Å². The molecule has 1 aliphatic rings. The van der Waals surface area contributed by atoms with Crippen LogP contribution in [0, 0.1) is 5.82 Å². The number of benzene rings is 1. The third-order valence-electron chi connectivity index (χ3n) is 2.52. The van der Waals surface area contributed by atoms with Gasteiger partial charge in [-0.1, -0.05) is 0 Å². The lowest BCUT2D eigenvalue weighted by Crippen LogP contribution is -2.27. The second-order valence-electron chi connectivity index (χ2n) is 3.54. The van der Waals surface area contributed by atoms with Gasteiger partial charge in [0.15, 0.2) is 0 Å². The molecule has 1 aromatic carbocycles. The Labute approximate surface area is 95.0 Å². The largest absolute Gasteiger partial charge is 0.330 e. The van der Waals surface area contributed by atoms with Gasteiger partial charge in [0.25, 0.3) is 0 Å². The van der Waals surface area contributed by atoms with E-state index < -0.39 is 0 Å². The first kappa shape index (κ1) is 10.6. The first-order chi connectivity index (χ1) is 7.11. The number of amides is 1. The molecule has 2 rings (SSSR count). The van der Waals surface area contributed by atoms with Crippen molar-refractivity contribution in [2.75, 3.05) is 11.9 Å². The maximum atomic E-state index is 13.2. The summed E-state index contributed by atoms with van der Waals surface area (Å²) >= 11 is 3.12. The summed E-state index contributed by atoms with van der Waals surface area (Å²) in [6, 6.07) is 3.00. The van der Waals surface area contributed by atoms with E-state index >= 15 is 0 Å². The maximum absolute atomic E-state index is 13.2. The zero-order valence-corrected chi connectivity index (χ0v) is 9.47. The first-order valence-electron chi connectivity index (χ1n) is 4.60. The number of fused-ring (bicyclic) bond motifs is 1. The highest BCUT2D eigenvalue weighted by Gasteiger charge is 2.25. The molecular formula is C10H10BrFN2O. The van der Waals surface area contributed by atoms with E-state index in [1.165, 1.54) is 6.07 Å². The van der Waals surface area contributed by atoms with E-state index in [0.717, 1.165) is 5.56 Å². The van der Waals surface area contributed by atoms with Gasteiger partial charge < -0.3 is 11.1 Å². The minimum absolute atomic E-state index is 0.0225.